The second kappa shape index (κ2) is 7.34. The molecule has 0 N–H and O–H groups in total. The molecular formula is C22H19BrN2O. The summed E-state index contributed by atoms with van der Waals surface area (Å²) in [4.78, 5) is 4.85. The van der Waals surface area contributed by atoms with E-state index >= 15 is 0 Å². The zero-order valence-electron chi connectivity index (χ0n) is 14.5. The summed E-state index contributed by atoms with van der Waals surface area (Å²) in [5.41, 5.74) is 4.41. The van der Waals surface area contributed by atoms with Crippen LogP contribution in [-0.4, -0.2) is 16.2 Å². The number of para-hydroxylation sites is 2. The van der Waals surface area contributed by atoms with Gasteiger partial charge in [-0.25, -0.2) is 4.98 Å². The lowest BCUT2D eigenvalue weighted by atomic mass is 10.2. The van der Waals surface area contributed by atoms with E-state index in [4.69, 9.17) is 9.72 Å². The molecule has 0 spiro atoms. The lowest BCUT2D eigenvalue weighted by Crippen LogP contribution is -2.09. The second-order valence-electron chi connectivity index (χ2n) is 6.25. The normalized spacial score (nSPS) is 11.0. The highest BCUT2D eigenvalue weighted by atomic mass is 79.9. The van der Waals surface area contributed by atoms with E-state index in [1.807, 2.05) is 36.4 Å². The Labute approximate surface area is 161 Å². The molecule has 0 amide bonds. The van der Waals surface area contributed by atoms with Crippen molar-refractivity contribution in [2.75, 3.05) is 6.61 Å². The molecule has 0 atom stereocenters. The van der Waals surface area contributed by atoms with Crippen LogP contribution in [0.1, 0.15) is 5.56 Å². The van der Waals surface area contributed by atoms with Crippen molar-refractivity contribution in [2.24, 2.45) is 0 Å². The van der Waals surface area contributed by atoms with Gasteiger partial charge in [-0.15, -0.1) is 0 Å². The summed E-state index contributed by atoms with van der Waals surface area (Å²) in [5.74, 6) is 1.86. The van der Waals surface area contributed by atoms with Gasteiger partial charge >= 0.3 is 0 Å². The Balaban J connectivity index is 1.65. The highest BCUT2D eigenvalue weighted by molar-refractivity contribution is 9.10. The first kappa shape index (κ1) is 16.9. The quantitative estimate of drug-likeness (QED) is 0.415. The van der Waals surface area contributed by atoms with Crippen LogP contribution in [0.5, 0.6) is 5.75 Å². The fourth-order valence-electron chi connectivity index (χ4n) is 3.11. The molecule has 26 heavy (non-hydrogen) atoms. The van der Waals surface area contributed by atoms with Gasteiger partial charge in [-0.1, -0.05) is 52.3 Å². The van der Waals surface area contributed by atoms with Crippen LogP contribution in [0, 0.1) is 6.92 Å². The highest BCUT2D eigenvalue weighted by Crippen LogP contribution is 2.27. The van der Waals surface area contributed by atoms with E-state index in [-0.39, 0.29) is 0 Å². The lowest BCUT2D eigenvalue weighted by molar-refractivity contribution is 0.300. The lowest BCUT2D eigenvalue weighted by Gasteiger charge is -2.11. The van der Waals surface area contributed by atoms with E-state index in [9.17, 15) is 0 Å². The molecule has 4 heteroatoms. The molecule has 4 aromatic rings. The first-order valence-corrected chi connectivity index (χ1v) is 9.41. The van der Waals surface area contributed by atoms with Crippen molar-refractivity contribution in [1.82, 2.24) is 9.55 Å². The van der Waals surface area contributed by atoms with Crippen LogP contribution in [-0.2, 0) is 6.54 Å². The van der Waals surface area contributed by atoms with E-state index < -0.39 is 0 Å². The van der Waals surface area contributed by atoms with Crippen molar-refractivity contribution in [2.45, 2.75) is 13.5 Å². The molecule has 0 aliphatic heterocycles. The maximum Gasteiger partial charge on any atom is 0.141 e. The van der Waals surface area contributed by atoms with E-state index in [1.54, 1.807) is 0 Å². The number of halogens is 1. The minimum atomic E-state index is 0.588. The first-order chi connectivity index (χ1) is 12.7. The number of hydrogen-bond donors (Lipinski definition) is 0. The summed E-state index contributed by atoms with van der Waals surface area (Å²) in [7, 11) is 0. The number of aromatic nitrogens is 2. The first-order valence-electron chi connectivity index (χ1n) is 8.61. The summed E-state index contributed by atoms with van der Waals surface area (Å²) in [5, 5.41) is 0. The van der Waals surface area contributed by atoms with E-state index in [2.05, 4.69) is 63.8 Å². The number of ether oxygens (including phenoxy) is 1. The average molecular weight is 407 g/mol. The predicted molar refractivity (Wildman–Crippen MR) is 110 cm³/mol. The Morgan fingerprint density at radius 2 is 1.81 bits per heavy atom. The Kier molecular flexibility index (Phi) is 4.76. The molecule has 0 radical (unpaired) electrons. The SMILES string of the molecule is Cc1cccc(OCCn2c(-c3cccc(Br)c3)nc3ccccc32)c1. The molecule has 0 unspecified atom stereocenters. The zero-order valence-corrected chi connectivity index (χ0v) is 16.1. The van der Waals surface area contributed by atoms with Crippen LogP contribution in [0.15, 0.2) is 77.3 Å². The van der Waals surface area contributed by atoms with Crippen LogP contribution in [0.2, 0.25) is 0 Å². The molecule has 3 nitrogen and oxygen atoms in total. The Morgan fingerprint density at radius 3 is 2.65 bits per heavy atom. The molecule has 0 aliphatic carbocycles. The van der Waals surface area contributed by atoms with Gasteiger partial charge in [0.05, 0.1) is 17.6 Å². The van der Waals surface area contributed by atoms with Gasteiger partial charge in [0.25, 0.3) is 0 Å². The molecule has 4 rings (SSSR count). The number of aryl methyl sites for hydroxylation is 1. The number of fused-ring (bicyclic) bond motifs is 1. The number of nitrogens with zero attached hydrogens (tertiary/aromatic N) is 2. The fourth-order valence-corrected chi connectivity index (χ4v) is 3.51. The van der Waals surface area contributed by atoms with Crippen molar-refractivity contribution in [1.29, 1.82) is 0 Å². The molecular weight excluding hydrogens is 388 g/mol. The monoisotopic (exact) mass is 406 g/mol. The molecule has 130 valence electrons. The molecule has 0 fully saturated rings. The number of rotatable bonds is 5. The molecule has 0 saturated heterocycles. The van der Waals surface area contributed by atoms with Gasteiger partial charge in [0, 0.05) is 10.0 Å². The van der Waals surface area contributed by atoms with Gasteiger partial charge in [0.15, 0.2) is 0 Å². The standard InChI is InChI=1S/C22H19BrN2O/c1-16-6-4-9-19(14-16)26-13-12-25-21-11-3-2-10-20(21)24-22(25)17-7-5-8-18(23)15-17/h2-11,14-15H,12-13H2,1H3. The third-order valence-electron chi connectivity index (χ3n) is 4.31. The summed E-state index contributed by atoms with van der Waals surface area (Å²) >= 11 is 3.56. The van der Waals surface area contributed by atoms with Crippen molar-refractivity contribution in [3.05, 3.63) is 82.8 Å². The number of benzene rings is 3. The summed E-state index contributed by atoms with van der Waals surface area (Å²) in [6, 6.07) is 24.6. The summed E-state index contributed by atoms with van der Waals surface area (Å²) < 4.78 is 9.24. The van der Waals surface area contributed by atoms with Gasteiger partial charge in [-0.3, -0.25) is 0 Å². The minimum absolute atomic E-state index is 0.588. The van der Waals surface area contributed by atoms with Crippen molar-refractivity contribution < 1.29 is 4.74 Å². The topological polar surface area (TPSA) is 27.1 Å². The number of hydrogen-bond acceptors (Lipinski definition) is 2. The van der Waals surface area contributed by atoms with Crippen LogP contribution < -0.4 is 4.74 Å². The summed E-state index contributed by atoms with van der Waals surface area (Å²) in [6.45, 7) is 3.39. The second-order valence-corrected chi connectivity index (χ2v) is 7.17. The molecule has 0 saturated carbocycles. The smallest absolute Gasteiger partial charge is 0.141 e. The van der Waals surface area contributed by atoms with Gasteiger partial charge in [0.2, 0.25) is 0 Å². The average Bonchev–Trinajstić information content (AvgIpc) is 3.01. The van der Waals surface area contributed by atoms with Crippen LogP contribution in [0.25, 0.3) is 22.4 Å². The fraction of sp³-hybridized carbons (Fsp3) is 0.136. The van der Waals surface area contributed by atoms with Gasteiger partial charge in [0.1, 0.15) is 18.2 Å². The Morgan fingerprint density at radius 1 is 0.962 bits per heavy atom. The molecule has 1 heterocycles. The maximum absolute atomic E-state index is 5.97. The van der Waals surface area contributed by atoms with Crippen molar-refractivity contribution in [3.8, 4) is 17.1 Å². The summed E-state index contributed by atoms with van der Waals surface area (Å²) in [6.07, 6.45) is 0. The van der Waals surface area contributed by atoms with E-state index in [1.165, 1.54) is 5.56 Å². The highest BCUT2D eigenvalue weighted by Gasteiger charge is 2.12. The van der Waals surface area contributed by atoms with Crippen LogP contribution >= 0.6 is 15.9 Å². The van der Waals surface area contributed by atoms with Gasteiger partial charge < -0.3 is 9.30 Å². The van der Waals surface area contributed by atoms with Crippen LogP contribution in [0.3, 0.4) is 0 Å². The van der Waals surface area contributed by atoms with Crippen molar-refractivity contribution in [3.63, 3.8) is 0 Å². The third kappa shape index (κ3) is 3.51. The molecule has 3 aromatic carbocycles. The van der Waals surface area contributed by atoms with Gasteiger partial charge in [-0.2, -0.15) is 0 Å². The molecule has 1 aromatic heterocycles. The third-order valence-corrected chi connectivity index (χ3v) is 4.80. The Hall–Kier alpha value is -2.59. The van der Waals surface area contributed by atoms with E-state index in [0.29, 0.717) is 6.61 Å². The van der Waals surface area contributed by atoms with Gasteiger partial charge in [-0.05, 0) is 48.9 Å². The van der Waals surface area contributed by atoms with Crippen molar-refractivity contribution >= 4 is 27.0 Å². The van der Waals surface area contributed by atoms with Crippen LogP contribution in [0.4, 0.5) is 0 Å². The largest absolute Gasteiger partial charge is 0.492 e. The minimum Gasteiger partial charge on any atom is -0.492 e. The zero-order chi connectivity index (χ0) is 17.9. The Bertz CT molecular complexity index is 1050. The predicted octanol–water partition coefficient (Wildman–Crippen LogP) is 5.85. The number of imidazole rings is 1. The molecule has 0 aliphatic rings. The maximum atomic E-state index is 5.97. The molecule has 0 bridgehead atoms. The van der Waals surface area contributed by atoms with E-state index in [0.717, 1.165) is 39.2 Å².